The molecule has 0 bridgehead atoms. The second-order valence-corrected chi connectivity index (χ2v) is 6.08. The quantitative estimate of drug-likeness (QED) is 0.824. The number of phenols is 1. The maximum atomic E-state index is 12.1. The minimum atomic E-state index is -0.191. The minimum absolute atomic E-state index is 0.0504. The molecule has 1 fully saturated rings. The highest BCUT2D eigenvalue weighted by Gasteiger charge is 2.25. The molecule has 0 aromatic heterocycles. The monoisotopic (exact) mass is 311 g/mol. The second-order valence-electron chi connectivity index (χ2n) is 4.90. The Morgan fingerprint density at radius 1 is 1.39 bits per heavy atom. The van der Waals surface area contributed by atoms with Gasteiger partial charge in [0, 0.05) is 10.9 Å². The molecule has 2 rings (SSSR count). The van der Waals surface area contributed by atoms with Gasteiger partial charge in [-0.05, 0) is 37.5 Å². The number of carbonyl (C=O) groups is 1. The van der Waals surface area contributed by atoms with Gasteiger partial charge in [-0.3, -0.25) is 4.79 Å². The maximum absolute atomic E-state index is 12.1. The van der Waals surface area contributed by atoms with Gasteiger partial charge in [0.15, 0.2) is 0 Å². The van der Waals surface area contributed by atoms with Crippen LogP contribution in [0.3, 0.4) is 0 Å². The normalized spacial score (nSPS) is 23.7. The van der Waals surface area contributed by atoms with Crippen LogP contribution in [0.15, 0.2) is 18.2 Å². The third kappa shape index (κ3) is 3.05. The molecule has 1 saturated carbocycles. The van der Waals surface area contributed by atoms with Crippen molar-refractivity contribution in [3.63, 3.8) is 0 Å². The van der Waals surface area contributed by atoms with Crippen molar-refractivity contribution in [1.82, 2.24) is 5.32 Å². The molecule has 2 unspecified atom stereocenters. The molecule has 2 atom stereocenters. The fraction of sp³-hybridized carbons (Fsp3) is 0.500. The van der Waals surface area contributed by atoms with Crippen molar-refractivity contribution in [2.45, 2.75) is 43.5 Å². The molecular formula is C14H18BrNO2. The van der Waals surface area contributed by atoms with Gasteiger partial charge in [0.1, 0.15) is 5.75 Å². The third-order valence-corrected chi connectivity index (χ3v) is 4.49. The van der Waals surface area contributed by atoms with Crippen LogP contribution in [0.1, 0.15) is 41.6 Å². The van der Waals surface area contributed by atoms with Crippen LogP contribution in [0.2, 0.25) is 0 Å². The number of halogens is 1. The molecule has 0 radical (unpaired) electrons. The Hall–Kier alpha value is -1.03. The van der Waals surface area contributed by atoms with E-state index in [4.69, 9.17) is 0 Å². The van der Waals surface area contributed by atoms with Crippen molar-refractivity contribution in [3.8, 4) is 5.75 Å². The summed E-state index contributed by atoms with van der Waals surface area (Å²) in [6.45, 7) is 1.89. The topological polar surface area (TPSA) is 49.3 Å². The average Bonchev–Trinajstić information content (AvgIpc) is 2.32. The molecule has 0 heterocycles. The summed E-state index contributed by atoms with van der Waals surface area (Å²) >= 11 is 3.61. The van der Waals surface area contributed by atoms with Gasteiger partial charge in [0.25, 0.3) is 5.91 Å². The van der Waals surface area contributed by atoms with E-state index < -0.39 is 0 Å². The zero-order chi connectivity index (χ0) is 13.1. The fourth-order valence-electron chi connectivity index (χ4n) is 2.33. The number of carbonyl (C=O) groups excluding carboxylic acids is 1. The van der Waals surface area contributed by atoms with Gasteiger partial charge in [-0.1, -0.05) is 34.8 Å². The predicted molar refractivity (Wildman–Crippen MR) is 75.3 cm³/mol. The largest absolute Gasteiger partial charge is 0.507 e. The Morgan fingerprint density at radius 2 is 2.11 bits per heavy atom. The van der Waals surface area contributed by atoms with Gasteiger partial charge in [0.2, 0.25) is 0 Å². The van der Waals surface area contributed by atoms with Crippen LogP contribution in [0.25, 0.3) is 0 Å². The van der Waals surface area contributed by atoms with Crippen molar-refractivity contribution in [2.75, 3.05) is 0 Å². The number of benzene rings is 1. The molecule has 1 aromatic carbocycles. The third-order valence-electron chi connectivity index (χ3n) is 3.40. The van der Waals surface area contributed by atoms with Crippen LogP contribution in [0, 0.1) is 6.92 Å². The SMILES string of the molecule is Cc1ccc(C(=O)NC2CCCCC2Br)c(O)c1. The van der Waals surface area contributed by atoms with Gasteiger partial charge >= 0.3 is 0 Å². The smallest absolute Gasteiger partial charge is 0.255 e. The highest BCUT2D eigenvalue weighted by atomic mass is 79.9. The first kappa shape index (κ1) is 13.4. The standard InChI is InChI=1S/C14H18BrNO2/c1-9-6-7-10(13(17)8-9)14(18)16-12-5-3-2-4-11(12)15/h6-8,11-12,17H,2-5H2,1H3,(H,16,18). The molecule has 1 amide bonds. The highest BCUT2D eigenvalue weighted by Crippen LogP contribution is 2.25. The van der Waals surface area contributed by atoms with E-state index >= 15 is 0 Å². The summed E-state index contributed by atoms with van der Waals surface area (Å²) in [5, 5.41) is 12.8. The molecule has 0 saturated heterocycles. The molecule has 4 heteroatoms. The number of aryl methyl sites for hydroxylation is 1. The van der Waals surface area contributed by atoms with Gasteiger partial charge in [-0.15, -0.1) is 0 Å². The Balaban J connectivity index is 2.07. The van der Waals surface area contributed by atoms with E-state index in [9.17, 15) is 9.90 Å². The summed E-state index contributed by atoms with van der Waals surface area (Å²) < 4.78 is 0. The van der Waals surface area contributed by atoms with E-state index in [0.717, 1.165) is 24.8 Å². The molecule has 0 aliphatic heterocycles. The van der Waals surface area contributed by atoms with Crippen LogP contribution in [-0.2, 0) is 0 Å². The summed E-state index contributed by atoms with van der Waals surface area (Å²) in [4.78, 5) is 12.4. The number of phenolic OH excluding ortho intramolecular Hbond substituents is 1. The van der Waals surface area contributed by atoms with Crippen molar-refractivity contribution in [3.05, 3.63) is 29.3 Å². The van der Waals surface area contributed by atoms with Crippen molar-refractivity contribution >= 4 is 21.8 Å². The number of alkyl halides is 1. The molecule has 3 nitrogen and oxygen atoms in total. The van der Waals surface area contributed by atoms with Crippen molar-refractivity contribution < 1.29 is 9.90 Å². The Labute approximate surface area is 116 Å². The van der Waals surface area contributed by atoms with E-state index in [1.807, 2.05) is 13.0 Å². The van der Waals surface area contributed by atoms with Crippen LogP contribution in [-0.4, -0.2) is 21.9 Å². The molecule has 18 heavy (non-hydrogen) atoms. The van der Waals surface area contributed by atoms with E-state index in [1.165, 1.54) is 6.42 Å². The van der Waals surface area contributed by atoms with Gasteiger partial charge < -0.3 is 10.4 Å². The summed E-state index contributed by atoms with van der Waals surface area (Å²) in [6, 6.07) is 5.28. The molecule has 2 N–H and O–H groups in total. The van der Waals surface area contributed by atoms with Crippen molar-refractivity contribution in [1.29, 1.82) is 0 Å². The fourth-order valence-corrected chi connectivity index (χ4v) is 3.05. The Kier molecular flexibility index (Phi) is 4.27. The first-order valence-corrected chi connectivity index (χ1v) is 7.24. The second kappa shape index (κ2) is 5.74. The molecule has 0 spiro atoms. The van der Waals surface area contributed by atoms with Gasteiger partial charge in [-0.25, -0.2) is 0 Å². The zero-order valence-corrected chi connectivity index (χ0v) is 12.0. The van der Waals surface area contributed by atoms with Gasteiger partial charge in [-0.2, -0.15) is 0 Å². The Morgan fingerprint density at radius 3 is 2.78 bits per heavy atom. The van der Waals surface area contributed by atoms with Crippen LogP contribution in [0.4, 0.5) is 0 Å². The zero-order valence-electron chi connectivity index (χ0n) is 10.4. The summed E-state index contributed by atoms with van der Waals surface area (Å²) in [5.74, 6) is -0.140. The van der Waals surface area contributed by atoms with E-state index in [-0.39, 0.29) is 17.7 Å². The molecule has 1 aromatic rings. The number of nitrogens with one attached hydrogen (secondary N) is 1. The first-order chi connectivity index (χ1) is 8.58. The van der Waals surface area contributed by atoms with E-state index in [0.29, 0.717) is 10.4 Å². The highest BCUT2D eigenvalue weighted by molar-refractivity contribution is 9.09. The molecular weight excluding hydrogens is 294 g/mol. The number of hydrogen-bond acceptors (Lipinski definition) is 2. The van der Waals surface area contributed by atoms with E-state index in [1.54, 1.807) is 12.1 Å². The van der Waals surface area contributed by atoms with E-state index in [2.05, 4.69) is 21.2 Å². The lowest BCUT2D eigenvalue weighted by Gasteiger charge is -2.28. The summed E-state index contributed by atoms with van der Waals surface area (Å²) in [7, 11) is 0. The Bertz CT molecular complexity index is 447. The molecule has 1 aliphatic carbocycles. The van der Waals surface area contributed by atoms with Crippen LogP contribution in [0.5, 0.6) is 5.75 Å². The van der Waals surface area contributed by atoms with Gasteiger partial charge in [0.05, 0.1) is 5.56 Å². The first-order valence-electron chi connectivity index (χ1n) is 6.32. The lowest BCUT2D eigenvalue weighted by molar-refractivity contribution is 0.0927. The van der Waals surface area contributed by atoms with Crippen molar-refractivity contribution in [2.24, 2.45) is 0 Å². The lowest BCUT2D eigenvalue weighted by atomic mass is 9.95. The number of hydrogen-bond donors (Lipinski definition) is 2. The number of amides is 1. The minimum Gasteiger partial charge on any atom is -0.507 e. The molecule has 1 aliphatic rings. The lowest BCUT2D eigenvalue weighted by Crippen LogP contribution is -2.42. The average molecular weight is 312 g/mol. The maximum Gasteiger partial charge on any atom is 0.255 e. The summed E-state index contributed by atoms with van der Waals surface area (Å²) in [6.07, 6.45) is 4.43. The van der Waals surface area contributed by atoms with Crippen LogP contribution >= 0.6 is 15.9 Å². The number of aromatic hydroxyl groups is 1. The predicted octanol–water partition coefficient (Wildman–Crippen LogP) is 3.14. The van der Waals surface area contributed by atoms with Crippen LogP contribution < -0.4 is 5.32 Å². The summed E-state index contributed by atoms with van der Waals surface area (Å²) in [5.41, 5.74) is 1.30. The number of rotatable bonds is 2. The molecule has 98 valence electrons.